The fourth-order valence-corrected chi connectivity index (χ4v) is 3.11. The second kappa shape index (κ2) is 5.73. The Bertz CT molecular complexity index is 766. The van der Waals surface area contributed by atoms with E-state index in [9.17, 15) is 14.7 Å². The van der Waals surface area contributed by atoms with Crippen LogP contribution in [0.25, 0.3) is 6.08 Å². The summed E-state index contributed by atoms with van der Waals surface area (Å²) in [6.45, 7) is 2.06. The van der Waals surface area contributed by atoms with E-state index in [0.717, 1.165) is 10.7 Å². The minimum absolute atomic E-state index is 0.161. The molecule has 0 saturated carbocycles. The third-order valence-electron chi connectivity index (χ3n) is 3.57. The number of hydrogen-bond donors (Lipinski definition) is 1. The van der Waals surface area contributed by atoms with Crippen molar-refractivity contribution in [3.8, 4) is 0 Å². The maximum Gasteiger partial charge on any atom is 0.312 e. The molecule has 0 bridgehead atoms. The zero-order valence-electron chi connectivity index (χ0n) is 11.9. The van der Waals surface area contributed by atoms with Gasteiger partial charge in [-0.05, 0) is 24.6 Å². The van der Waals surface area contributed by atoms with Gasteiger partial charge >= 0.3 is 5.97 Å². The number of amides is 1. The normalized spacial score (nSPS) is 17.0. The van der Waals surface area contributed by atoms with E-state index < -0.39 is 11.9 Å². The molecule has 112 valence electrons. The molecule has 3 rings (SSSR count). The monoisotopic (exact) mass is 314 g/mol. The number of carboxylic acid groups (broad SMARTS) is 1. The van der Waals surface area contributed by atoms with Gasteiger partial charge in [0.2, 0.25) is 0 Å². The first kappa shape index (κ1) is 14.5. The largest absolute Gasteiger partial charge is 0.481 e. The summed E-state index contributed by atoms with van der Waals surface area (Å²) in [5, 5.41) is 12.1. The maximum absolute atomic E-state index is 12.4. The molecule has 2 aromatic rings. The van der Waals surface area contributed by atoms with E-state index in [2.05, 4.69) is 4.98 Å². The lowest BCUT2D eigenvalue weighted by Crippen LogP contribution is -2.29. The highest BCUT2D eigenvalue weighted by Crippen LogP contribution is 2.36. The van der Waals surface area contributed by atoms with Gasteiger partial charge < -0.3 is 10.0 Å². The van der Waals surface area contributed by atoms with Crippen molar-refractivity contribution in [3.05, 3.63) is 52.0 Å². The van der Waals surface area contributed by atoms with Gasteiger partial charge in [0.05, 0.1) is 10.7 Å². The van der Waals surface area contributed by atoms with Gasteiger partial charge in [-0.3, -0.25) is 9.59 Å². The van der Waals surface area contributed by atoms with E-state index in [-0.39, 0.29) is 12.5 Å². The summed E-state index contributed by atoms with van der Waals surface area (Å²) in [4.78, 5) is 29.5. The van der Waals surface area contributed by atoms with Crippen LogP contribution in [0.2, 0.25) is 0 Å². The maximum atomic E-state index is 12.4. The van der Waals surface area contributed by atoms with Crippen molar-refractivity contribution in [1.82, 2.24) is 4.98 Å². The van der Waals surface area contributed by atoms with Crippen molar-refractivity contribution < 1.29 is 14.7 Å². The Morgan fingerprint density at radius 1 is 1.41 bits per heavy atom. The van der Waals surface area contributed by atoms with Crippen LogP contribution in [0.3, 0.4) is 0 Å². The number of thiazole rings is 1. The second-order valence-corrected chi connectivity index (χ2v) is 6.09. The third-order valence-corrected chi connectivity index (χ3v) is 4.36. The van der Waals surface area contributed by atoms with E-state index in [0.29, 0.717) is 11.3 Å². The number of aromatic nitrogens is 1. The fourth-order valence-electron chi connectivity index (χ4n) is 2.53. The molecule has 0 spiro atoms. The summed E-state index contributed by atoms with van der Waals surface area (Å²) in [7, 11) is 0. The number of hydrogen-bond acceptors (Lipinski definition) is 4. The molecule has 1 aliphatic rings. The van der Waals surface area contributed by atoms with E-state index in [1.54, 1.807) is 30.3 Å². The number of carboxylic acids is 1. The Kier molecular flexibility index (Phi) is 3.77. The first-order valence-electron chi connectivity index (χ1n) is 6.79. The Labute approximate surface area is 131 Å². The molecular formula is C16H14N2O3S. The molecule has 0 aliphatic carbocycles. The van der Waals surface area contributed by atoms with Gasteiger partial charge in [-0.15, -0.1) is 11.3 Å². The smallest absolute Gasteiger partial charge is 0.312 e. The average molecular weight is 314 g/mol. The molecule has 1 aromatic heterocycles. The summed E-state index contributed by atoms with van der Waals surface area (Å²) in [5.74, 6) is -1.82. The lowest BCUT2D eigenvalue weighted by atomic mass is 10.0. The van der Waals surface area contributed by atoms with Crippen LogP contribution in [0.4, 0.5) is 5.69 Å². The number of para-hydroxylation sites is 1. The summed E-state index contributed by atoms with van der Waals surface area (Å²) in [6, 6.07) is 7.12. The number of rotatable bonds is 3. The quantitative estimate of drug-likeness (QED) is 0.884. The summed E-state index contributed by atoms with van der Waals surface area (Å²) in [5.41, 5.74) is 2.08. The van der Waals surface area contributed by atoms with Gasteiger partial charge in [0.15, 0.2) is 0 Å². The molecule has 6 heteroatoms. The highest BCUT2D eigenvalue weighted by atomic mass is 32.1. The predicted molar refractivity (Wildman–Crippen MR) is 85.1 cm³/mol. The van der Waals surface area contributed by atoms with E-state index in [1.807, 2.05) is 12.3 Å². The van der Waals surface area contributed by atoms with Crippen molar-refractivity contribution in [3.63, 3.8) is 0 Å². The zero-order valence-corrected chi connectivity index (χ0v) is 12.7. The molecule has 1 amide bonds. The minimum Gasteiger partial charge on any atom is -0.481 e. The van der Waals surface area contributed by atoms with Crippen LogP contribution in [0.15, 0.2) is 35.7 Å². The standard InChI is InChI=1S/C16H14N2O3S/c1-10-17-11(9-22-10)6-7-15(19)18-8-13(16(20)21)12-4-2-3-5-14(12)18/h2-7,9,13H,8H2,1H3,(H,20,21). The fraction of sp³-hybridized carbons (Fsp3) is 0.188. The molecule has 1 unspecified atom stereocenters. The molecule has 5 nitrogen and oxygen atoms in total. The highest BCUT2D eigenvalue weighted by Gasteiger charge is 2.35. The summed E-state index contributed by atoms with van der Waals surface area (Å²) < 4.78 is 0. The Morgan fingerprint density at radius 3 is 2.86 bits per heavy atom. The van der Waals surface area contributed by atoms with Crippen LogP contribution in [-0.2, 0) is 9.59 Å². The molecule has 1 N–H and O–H groups in total. The van der Waals surface area contributed by atoms with Crippen LogP contribution < -0.4 is 4.90 Å². The SMILES string of the molecule is Cc1nc(C=CC(=O)N2CC(C(=O)O)c3ccccc32)cs1. The highest BCUT2D eigenvalue weighted by molar-refractivity contribution is 7.09. The minimum atomic E-state index is -0.915. The second-order valence-electron chi connectivity index (χ2n) is 5.02. The number of anilines is 1. The average Bonchev–Trinajstić information content (AvgIpc) is 3.08. The van der Waals surface area contributed by atoms with Crippen molar-refractivity contribution in [1.29, 1.82) is 0 Å². The lowest BCUT2D eigenvalue weighted by Gasteiger charge is -2.14. The number of nitrogens with zero attached hydrogens (tertiary/aromatic N) is 2. The predicted octanol–water partition coefficient (Wildman–Crippen LogP) is 2.68. The van der Waals surface area contributed by atoms with Crippen LogP contribution in [0.1, 0.15) is 22.2 Å². The summed E-state index contributed by atoms with van der Waals surface area (Å²) >= 11 is 1.52. The van der Waals surface area contributed by atoms with Crippen molar-refractivity contribution in [2.24, 2.45) is 0 Å². The molecule has 0 radical (unpaired) electrons. The molecule has 0 saturated heterocycles. The molecule has 22 heavy (non-hydrogen) atoms. The first-order valence-corrected chi connectivity index (χ1v) is 7.67. The Hall–Kier alpha value is -2.47. The van der Waals surface area contributed by atoms with Crippen LogP contribution in [0.5, 0.6) is 0 Å². The topological polar surface area (TPSA) is 70.5 Å². The number of fused-ring (bicyclic) bond motifs is 1. The molecule has 0 fully saturated rings. The number of carbonyl (C=O) groups is 2. The number of carbonyl (C=O) groups excluding carboxylic acids is 1. The van der Waals surface area contributed by atoms with E-state index in [1.165, 1.54) is 22.3 Å². The van der Waals surface area contributed by atoms with Crippen molar-refractivity contribution in [2.75, 3.05) is 11.4 Å². The zero-order chi connectivity index (χ0) is 15.7. The van der Waals surface area contributed by atoms with Crippen LogP contribution >= 0.6 is 11.3 Å². The number of aryl methyl sites for hydroxylation is 1. The Morgan fingerprint density at radius 2 is 2.18 bits per heavy atom. The number of benzene rings is 1. The van der Waals surface area contributed by atoms with Crippen molar-refractivity contribution in [2.45, 2.75) is 12.8 Å². The van der Waals surface area contributed by atoms with Gasteiger partial charge in [-0.25, -0.2) is 4.98 Å². The van der Waals surface area contributed by atoms with Gasteiger partial charge in [0, 0.05) is 23.7 Å². The molecular weight excluding hydrogens is 300 g/mol. The van der Waals surface area contributed by atoms with Crippen molar-refractivity contribution >= 4 is 35.0 Å². The van der Waals surface area contributed by atoms with Crippen LogP contribution in [-0.4, -0.2) is 28.5 Å². The van der Waals surface area contributed by atoms with E-state index >= 15 is 0 Å². The van der Waals surface area contributed by atoms with Gasteiger partial charge in [-0.2, -0.15) is 0 Å². The first-order chi connectivity index (χ1) is 10.6. The van der Waals surface area contributed by atoms with E-state index in [4.69, 9.17) is 0 Å². The van der Waals surface area contributed by atoms with Gasteiger partial charge in [0.25, 0.3) is 5.91 Å². The van der Waals surface area contributed by atoms with Gasteiger partial charge in [-0.1, -0.05) is 18.2 Å². The van der Waals surface area contributed by atoms with Gasteiger partial charge in [0.1, 0.15) is 5.92 Å². The summed E-state index contributed by atoms with van der Waals surface area (Å²) in [6.07, 6.45) is 3.10. The van der Waals surface area contributed by atoms with Crippen LogP contribution in [0, 0.1) is 6.92 Å². The molecule has 1 aromatic carbocycles. The number of aliphatic carboxylic acids is 1. The third kappa shape index (κ3) is 2.65. The lowest BCUT2D eigenvalue weighted by molar-refractivity contribution is -0.138. The molecule has 2 heterocycles. The Balaban J connectivity index is 1.84. The molecule has 1 atom stereocenters. The molecule has 1 aliphatic heterocycles.